The van der Waals surface area contributed by atoms with Crippen LogP contribution >= 0.6 is 31.9 Å². The van der Waals surface area contributed by atoms with Gasteiger partial charge in [0.05, 0.1) is 12.2 Å². The molecule has 0 N–H and O–H groups in total. The Morgan fingerprint density at radius 3 is 2.71 bits per heavy atom. The quantitative estimate of drug-likeness (QED) is 0.853. The highest BCUT2D eigenvalue weighted by atomic mass is 79.9. The van der Waals surface area contributed by atoms with E-state index in [9.17, 15) is 0 Å². The number of nitrogens with zero attached hydrogens (tertiary/aromatic N) is 3. The second kappa shape index (κ2) is 4.23. The van der Waals surface area contributed by atoms with Gasteiger partial charge in [-0.1, -0.05) is 6.07 Å². The van der Waals surface area contributed by atoms with Crippen LogP contribution in [0, 0.1) is 0 Å². The summed E-state index contributed by atoms with van der Waals surface area (Å²) in [6.45, 7) is 0.674. The van der Waals surface area contributed by atoms with E-state index in [1.165, 1.54) is 0 Å². The second-order valence-electron chi connectivity index (χ2n) is 2.77. The van der Waals surface area contributed by atoms with Crippen LogP contribution in [0.5, 0.6) is 0 Å². The summed E-state index contributed by atoms with van der Waals surface area (Å²) in [5.74, 6) is 0. The van der Waals surface area contributed by atoms with Gasteiger partial charge in [0.25, 0.3) is 0 Å². The van der Waals surface area contributed by atoms with E-state index in [1.807, 2.05) is 28.9 Å². The van der Waals surface area contributed by atoms with Crippen LogP contribution in [0.2, 0.25) is 0 Å². The van der Waals surface area contributed by atoms with Crippen LogP contribution < -0.4 is 0 Å². The Morgan fingerprint density at radius 1 is 1.29 bits per heavy atom. The van der Waals surface area contributed by atoms with E-state index in [2.05, 4.69) is 41.9 Å². The predicted octanol–water partition coefficient (Wildman–Crippen LogP) is 2.85. The highest BCUT2D eigenvalue weighted by Crippen LogP contribution is 2.16. The molecule has 14 heavy (non-hydrogen) atoms. The van der Waals surface area contributed by atoms with Crippen molar-refractivity contribution in [2.45, 2.75) is 6.54 Å². The molecule has 0 fully saturated rings. The zero-order valence-corrected chi connectivity index (χ0v) is 10.4. The number of pyridine rings is 1. The molecule has 2 rings (SSSR count). The fourth-order valence-electron chi connectivity index (χ4n) is 1.12. The Balaban J connectivity index is 2.23. The van der Waals surface area contributed by atoms with Gasteiger partial charge in [0.1, 0.15) is 9.21 Å². The lowest BCUT2D eigenvalue weighted by atomic mass is 10.3. The first-order valence-corrected chi connectivity index (χ1v) is 5.63. The Hall–Kier alpha value is -0.680. The fraction of sp³-hybridized carbons (Fsp3) is 0.111. The molecule has 3 nitrogen and oxygen atoms in total. The van der Waals surface area contributed by atoms with E-state index in [-0.39, 0.29) is 0 Å². The van der Waals surface area contributed by atoms with Crippen molar-refractivity contribution >= 4 is 31.9 Å². The zero-order valence-electron chi connectivity index (χ0n) is 7.19. The molecule has 0 unspecified atom stereocenters. The molecule has 0 aliphatic carbocycles. The summed E-state index contributed by atoms with van der Waals surface area (Å²) < 4.78 is 3.60. The third kappa shape index (κ3) is 2.22. The summed E-state index contributed by atoms with van der Waals surface area (Å²) in [7, 11) is 0. The number of halogens is 2. The molecule has 0 radical (unpaired) electrons. The lowest BCUT2D eigenvalue weighted by Crippen LogP contribution is -2.03. The lowest BCUT2D eigenvalue weighted by molar-refractivity contribution is 0.654. The minimum Gasteiger partial charge on any atom is -0.259 e. The summed E-state index contributed by atoms with van der Waals surface area (Å²) in [6, 6.07) is 7.75. The minimum atomic E-state index is 0.674. The van der Waals surface area contributed by atoms with Crippen molar-refractivity contribution in [1.29, 1.82) is 0 Å². The number of rotatable bonds is 2. The van der Waals surface area contributed by atoms with Crippen molar-refractivity contribution in [2.75, 3.05) is 0 Å². The molecule has 2 heterocycles. The monoisotopic (exact) mass is 315 g/mol. The van der Waals surface area contributed by atoms with Gasteiger partial charge in [-0.15, -0.1) is 0 Å². The number of aromatic nitrogens is 3. The molecule has 0 saturated heterocycles. The van der Waals surface area contributed by atoms with Gasteiger partial charge >= 0.3 is 0 Å². The maximum absolute atomic E-state index is 4.25. The summed E-state index contributed by atoms with van der Waals surface area (Å²) in [5.41, 5.74) is 0.990. The van der Waals surface area contributed by atoms with E-state index in [1.54, 1.807) is 6.20 Å². The molecule has 0 atom stereocenters. The Labute approximate surface area is 98.4 Å². The molecule has 0 aromatic carbocycles. The molecule has 2 aromatic rings. The van der Waals surface area contributed by atoms with Crippen LogP contribution in [0.25, 0.3) is 0 Å². The van der Waals surface area contributed by atoms with Gasteiger partial charge in [-0.05, 0) is 44.0 Å². The first kappa shape index (κ1) is 9.86. The van der Waals surface area contributed by atoms with Crippen molar-refractivity contribution in [2.24, 2.45) is 0 Å². The van der Waals surface area contributed by atoms with Crippen molar-refractivity contribution in [3.63, 3.8) is 0 Å². The summed E-state index contributed by atoms with van der Waals surface area (Å²) in [6.07, 6.45) is 1.78. The molecule has 2 aromatic heterocycles. The molecular formula is C9H7Br2N3. The zero-order chi connectivity index (χ0) is 9.97. The van der Waals surface area contributed by atoms with Crippen LogP contribution in [0.4, 0.5) is 0 Å². The summed E-state index contributed by atoms with van der Waals surface area (Å²) in [4.78, 5) is 4.23. The molecule has 0 spiro atoms. The van der Waals surface area contributed by atoms with Crippen LogP contribution in [0.15, 0.2) is 39.7 Å². The van der Waals surface area contributed by atoms with E-state index in [4.69, 9.17) is 0 Å². The van der Waals surface area contributed by atoms with Gasteiger partial charge in [-0.2, -0.15) is 5.10 Å². The Bertz CT molecular complexity index is 425. The third-order valence-electron chi connectivity index (χ3n) is 1.74. The van der Waals surface area contributed by atoms with Crippen molar-refractivity contribution in [1.82, 2.24) is 14.8 Å². The number of hydrogen-bond donors (Lipinski definition) is 0. The topological polar surface area (TPSA) is 30.7 Å². The number of hydrogen-bond acceptors (Lipinski definition) is 2. The highest BCUT2D eigenvalue weighted by Gasteiger charge is 2.03. The molecule has 0 saturated carbocycles. The standard InChI is InChI=1S/C9H7Br2N3/c10-8-5-9(11)14(13-8)6-7-3-1-2-4-12-7/h1-5H,6H2. The van der Waals surface area contributed by atoms with Crippen molar-refractivity contribution in [3.05, 3.63) is 45.4 Å². The van der Waals surface area contributed by atoms with Crippen molar-refractivity contribution in [3.8, 4) is 0 Å². The maximum Gasteiger partial charge on any atom is 0.129 e. The molecule has 72 valence electrons. The van der Waals surface area contributed by atoms with E-state index < -0.39 is 0 Å². The molecule has 5 heteroatoms. The summed E-state index contributed by atoms with van der Waals surface area (Å²) >= 11 is 6.73. The second-order valence-corrected chi connectivity index (χ2v) is 4.39. The predicted molar refractivity (Wildman–Crippen MR) is 61.0 cm³/mol. The average molecular weight is 317 g/mol. The molecule has 0 aliphatic rings. The molecular weight excluding hydrogens is 310 g/mol. The maximum atomic E-state index is 4.25. The van der Waals surface area contributed by atoms with Gasteiger partial charge in [0.15, 0.2) is 0 Å². The van der Waals surface area contributed by atoms with Crippen LogP contribution in [-0.2, 0) is 6.54 Å². The SMILES string of the molecule is Brc1cc(Br)n(Cc2ccccn2)n1. The Morgan fingerprint density at radius 2 is 2.14 bits per heavy atom. The normalized spacial score (nSPS) is 10.4. The van der Waals surface area contributed by atoms with Crippen molar-refractivity contribution < 1.29 is 0 Å². The first-order valence-electron chi connectivity index (χ1n) is 4.04. The van der Waals surface area contributed by atoms with Crippen LogP contribution in [-0.4, -0.2) is 14.8 Å². The molecule has 0 aliphatic heterocycles. The van der Waals surface area contributed by atoms with Gasteiger partial charge < -0.3 is 0 Å². The van der Waals surface area contributed by atoms with E-state index >= 15 is 0 Å². The van der Waals surface area contributed by atoms with Gasteiger partial charge in [0.2, 0.25) is 0 Å². The minimum absolute atomic E-state index is 0.674. The summed E-state index contributed by atoms with van der Waals surface area (Å²) in [5, 5.41) is 4.25. The van der Waals surface area contributed by atoms with E-state index in [0.29, 0.717) is 6.54 Å². The largest absolute Gasteiger partial charge is 0.259 e. The van der Waals surface area contributed by atoms with Gasteiger partial charge in [-0.3, -0.25) is 9.67 Å². The molecule has 0 amide bonds. The molecule has 0 bridgehead atoms. The lowest BCUT2D eigenvalue weighted by Gasteiger charge is -2.01. The fourth-order valence-corrected chi connectivity index (χ4v) is 2.26. The van der Waals surface area contributed by atoms with Gasteiger partial charge in [0, 0.05) is 12.3 Å². The van der Waals surface area contributed by atoms with Gasteiger partial charge in [-0.25, -0.2) is 0 Å². The smallest absolute Gasteiger partial charge is 0.129 e. The van der Waals surface area contributed by atoms with Crippen LogP contribution in [0.3, 0.4) is 0 Å². The first-order chi connectivity index (χ1) is 6.75. The average Bonchev–Trinajstić information content (AvgIpc) is 2.47. The van der Waals surface area contributed by atoms with E-state index in [0.717, 1.165) is 14.9 Å². The Kier molecular flexibility index (Phi) is 2.98. The third-order valence-corrected chi connectivity index (χ3v) is 2.76. The highest BCUT2D eigenvalue weighted by molar-refractivity contribution is 9.11. The van der Waals surface area contributed by atoms with Crippen LogP contribution in [0.1, 0.15) is 5.69 Å².